The number of hydrogen-bond acceptors (Lipinski definition) is 2. The Morgan fingerprint density at radius 1 is 1.56 bits per heavy atom. The van der Waals surface area contributed by atoms with Crippen LogP contribution in [0, 0.1) is 6.92 Å². The third kappa shape index (κ3) is 3.65. The van der Waals surface area contributed by atoms with Crippen molar-refractivity contribution in [1.29, 1.82) is 0 Å². The molecule has 0 aliphatic carbocycles. The average molecular weight is 208 g/mol. The van der Waals surface area contributed by atoms with Crippen LogP contribution in [0.2, 0.25) is 0 Å². The predicted molar refractivity (Wildman–Crippen MR) is 45.9 cm³/mol. The summed E-state index contributed by atoms with van der Waals surface area (Å²) in [5.41, 5.74) is 0. The standard InChI is InChI=1S/C4H4BrNS.C2H6/c1-3-2-6-4(5)7-3;1-2/h2H,1H3;1-2H3. The zero-order chi connectivity index (χ0) is 7.28. The minimum absolute atomic E-state index is 0.963. The zero-order valence-electron chi connectivity index (χ0n) is 5.81. The summed E-state index contributed by atoms with van der Waals surface area (Å²) in [6.45, 7) is 6.03. The van der Waals surface area contributed by atoms with Crippen LogP contribution >= 0.6 is 27.3 Å². The Morgan fingerprint density at radius 3 is 2.22 bits per heavy atom. The van der Waals surface area contributed by atoms with Gasteiger partial charge in [0.1, 0.15) is 0 Å². The van der Waals surface area contributed by atoms with Gasteiger partial charge in [0.25, 0.3) is 0 Å². The molecule has 1 rings (SSSR count). The first-order valence-electron chi connectivity index (χ1n) is 2.87. The summed E-state index contributed by atoms with van der Waals surface area (Å²) in [6, 6.07) is 0. The Hall–Kier alpha value is 0.110. The second-order valence-electron chi connectivity index (χ2n) is 1.22. The topological polar surface area (TPSA) is 12.9 Å². The molecule has 1 aromatic rings. The van der Waals surface area contributed by atoms with Gasteiger partial charge in [-0.05, 0) is 22.9 Å². The number of nitrogens with zero attached hydrogens (tertiary/aromatic N) is 1. The number of hydrogen-bond donors (Lipinski definition) is 0. The van der Waals surface area contributed by atoms with Crippen molar-refractivity contribution in [3.8, 4) is 0 Å². The first-order valence-corrected chi connectivity index (χ1v) is 4.48. The molecule has 1 heterocycles. The summed E-state index contributed by atoms with van der Waals surface area (Å²) in [5.74, 6) is 0. The van der Waals surface area contributed by atoms with Crippen molar-refractivity contribution in [2.75, 3.05) is 0 Å². The minimum Gasteiger partial charge on any atom is -0.237 e. The molecule has 0 aliphatic rings. The van der Waals surface area contributed by atoms with E-state index >= 15 is 0 Å². The highest BCUT2D eigenvalue weighted by atomic mass is 79.9. The fraction of sp³-hybridized carbons (Fsp3) is 0.500. The first kappa shape index (κ1) is 9.11. The molecule has 1 nitrogen and oxygen atoms in total. The molecule has 0 spiro atoms. The SMILES string of the molecule is CC.Cc1cnc(Br)s1. The van der Waals surface area contributed by atoms with Gasteiger partial charge in [0.05, 0.1) is 0 Å². The summed E-state index contributed by atoms with van der Waals surface area (Å²) in [5, 5.41) is 0. The van der Waals surface area contributed by atoms with Crippen LogP contribution in [0.25, 0.3) is 0 Å². The first-order chi connectivity index (χ1) is 4.29. The minimum atomic E-state index is 0.963. The van der Waals surface area contributed by atoms with Gasteiger partial charge in [0, 0.05) is 11.1 Å². The quantitative estimate of drug-likeness (QED) is 0.637. The fourth-order valence-corrected chi connectivity index (χ4v) is 1.67. The van der Waals surface area contributed by atoms with Gasteiger partial charge in [0.15, 0.2) is 3.92 Å². The molecule has 0 amide bonds. The Bertz CT molecular complexity index is 145. The van der Waals surface area contributed by atoms with Crippen molar-refractivity contribution >= 4 is 27.3 Å². The van der Waals surface area contributed by atoms with Crippen molar-refractivity contribution in [3.05, 3.63) is 15.0 Å². The second kappa shape index (κ2) is 4.94. The van der Waals surface area contributed by atoms with Gasteiger partial charge in [-0.2, -0.15) is 0 Å². The Balaban J connectivity index is 0.000000291. The molecule has 0 saturated heterocycles. The van der Waals surface area contributed by atoms with Crippen LogP contribution in [0.3, 0.4) is 0 Å². The van der Waals surface area contributed by atoms with Crippen LogP contribution in [0.1, 0.15) is 18.7 Å². The highest BCUT2D eigenvalue weighted by Crippen LogP contribution is 2.16. The van der Waals surface area contributed by atoms with Gasteiger partial charge in [-0.25, -0.2) is 4.98 Å². The van der Waals surface area contributed by atoms with Gasteiger partial charge >= 0.3 is 0 Å². The van der Waals surface area contributed by atoms with Gasteiger partial charge in [0.2, 0.25) is 0 Å². The maximum Gasteiger partial charge on any atom is 0.159 e. The maximum atomic E-state index is 3.95. The molecule has 0 aliphatic heterocycles. The molecule has 0 unspecified atom stereocenters. The summed E-state index contributed by atoms with van der Waals surface area (Å²) >= 11 is 4.89. The van der Waals surface area contributed by atoms with Crippen LogP contribution in [-0.4, -0.2) is 4.98 Å². The Kier molecular flexibility index (Phi) is 5.00. The van der Waals surface area contributed by atoms with E-state index in [0.29, 0.717) is 0 Å². The predicted octanol–water partition coefficient (Wildman–Crippen LogP) is 3.24. The van der Waals surface area contributed by atoms with Gasteiger partial charge in [-0.15, -0.1) is 11.3 Å². The second-order valence-corrected chi connectivity index (χ2v) is 3.73. The lowest BCUT2D eigenvalue weighted by Crippen LogP contribution is -1.51. The molecule has 0 bridgehead atoms. The highest BCUT2D eigenvalue weighted by molar-refractivity contribution is 9.11. The van der Waals surface area contributed by atoms with Crippen molar-refractivity contribution in [3.63, 3.8) is 0 Å². The number of aryl methyl sites for hydroxylation is 1. The Labute approximate surface area is 68.3 Å². The van der Waals surface area contributed by atoms with Crippen molar-refractivity contribution in [1.82, 2.24) is 4.98 Å². The summed E-state index contributed by atoms with van der Waals surface area (Å²) in [4.78, 5) is 5.19. The van der Waals surface area contributed by atoms with E-state index in [-0.39, 0.29) is 0 Å². The van der Waals surface area contributed by atoms with E-state index < -0.39 is 0 Å². The molecule has 0 radical (unpaired) electrons. The van der Waals surface area contributed by atoms with Gasteiger partial charge in [-0.3, -0.25) is 0 Å². The highest BCUT2D eigenvalue weighted by Gasteiger charge is 1.88. The smallest absolute Gasteiger partial charge is 0.159 e. The van der Waals surface area contributed by atoms with E-state index in [9.17, 15) is 0 Å². The van der Waals surface area contributed by atoms with E-state index in [1.165, 1.54) is 4.88 Å². The van der Waals surface area contributed by atoms with Crippen LogP contribution in [-0.2, 0) is 0 Å². The van der Waals surface area contributed by atoms with E-state index in [0.717, 1.165) is 3.92 Å². The monoisotopic (exact) mass is 207 g/mol. The van der Waals surface area contributed by atoms with Crippen molar-refractivity contribution in [2.45, 2.75) is 20.8 Å². The summed E-state index contributed by atoms with van der Waals surface area (Å²) in [7, 11) is 0. The number of rotatable bonds is 0. The number of thiazole rings is 1. The third-order valence-electron chi connectivity index (χ3n) is 0.593. The van der Waals surface area contributed by atoms with Crippen molar-refractivity contribution < 1.29 is 0 Å². The molecular weight excluding hydrogens is 198 g/mol. The molecule has 0 N–H and O–H groups in total. The summed E-state index contributed by atoms with van der Waals surface area (Å²) < 4.78 is 0.963. The molecule has 0 atom stereocenters. The van der Waals surface area contributed by atoms with Gasteiger partial charge in [-0.1, -0.05) is 13.8 Å². The molecule has 0 aromatic carbocycles. The fourth-order valence-electron chi connectivity index (χ4n) is 0.327. The van der Waals surface area contributed by atoms with E-state index in [2.05, 4.69) is 20.9 Å². The van der Waals surface area contributed by atoms with Crippen molar-refractivity contribution in [2.24, 2.45) is 0 Å². The van der Waals surface area contributed by atoms with Crippen LogP contribution in [0.15, 0.2) is 10.1 Å². The molecule has 9 heavy (non-hydrogen) atoms. The molecule has 3 heteroatoms. The number of aromatic nitrogens is 1. The third-order valence-corrected chi connectivity index (χ3v) is 1.98. The molecular formula is C6H10BrNS. The Morgan fingerprint density at radius 2 is 2.11 bits per heavy atom. The largest absolute Gasteiger partial charge is 0.237 e. The van der Waals surface area contributed by atoms with Crippen LogP contribution in [0.5, 0.6) is 0 Å². The van der Waals surface area contributed by atoms with E-state index in [4.69, 9.17) is 0 Å². The van der Waals surface area contributed by atoms with E-state index in [1.807, 2.05) is 27.0 Å². The lowest BCUT2D eigenvalue weighted by molar-refractivity contribution is 1.35. The number of halogens is 1. The molecule has 1 aromatic heterocycles. The van der Waals surface area contributed by atoms with Crippen LogP contribution in [0.4, 0.5) is 0 Å². The lowest BCUT2D eigenvalue weighted by atomic mass is 10.7. The maximum absolute atomic E-state index is 3.95. The zero-order valence-corrected chi connectivity index (χ0v) is 8.21. The normalized spacial score (nSPS) is 8.00. The average Bonchev–Trinajstić information content (AvgIpc) is 2.20. The molecule has 52 valence electrons. The van der Waals surface area contributed by atoms with Crippen LogP contribution < -0.4 is 0 Å². The molecule has 0 fully saturated rings. The van der Waals surface area contributed by atoms with E-state index in [1.54, 1.807) is 11.3 Å². The lowest BCUT2D eigenvalue weighted by Gasteiger charge is -1.66. The summed E-state index contributed by atoms with van der Waals surface area (Å²) in [6.07, 6.45) is 1.84. The molecule has 0 saturated carbocycles. The van der Waals surface area contributed by atoms with Gasteiger partial charge < -0.3 is 0 Å².